The lowest BCUT2D eigenvalue weighted by atomic mass is 9.43. The molecular formula is C16H25NO2. The van der Waals surface area contributed by atoms with Crippen LogP contribution in [0.5, 0.6) is 0 Å². The molecule has 4 aliphatic rings. The van der Waals surface area contributed by atoms with Gasteiger partial charge in [0.25, 0.3) is 0 Å². The molecule has 4 saturated carbocycles. The predicted octanol–water partition coefficient (Wildman–Crippen LogP) is 2.97. The lowest BCUT2D eigenvalue weighted by molar-refractivity contribution is -0.131. The largest absolute Gasteiger partial charge is 0.478 e. The zero-order chi connectivity index (χ0) is 13.7. The zero-order valence-electron chi connectivity index (χ0n) is 12.0. The first kappa shape index (κ1) is 13.2. The van der Waals surface area contributed by atoms with Gasteiger partial charge in [0.1, 0.15) is 0 Å². The summed E-state index contributed by atoms with van der Waals surface area (Å²) in [6.07, 6.45) is 11.0. The van der Waals surface area contributed by atoms with Crippen molar-refractivity contribution >= 4 is 5.97 Å². The third kappa shape index (κ3) is 2.45. The highest BCUT2D eigenvalue weighted by Gasteiger charge is 2.59. The van der Waals surface area contributed by atoms with Crippen molar-refractivity contribution in [1.82, 2.24) is 5.32 Å². The highest BCUT2D eigenvalue weighted by Crippen LogP contribution is 2.66. The molecule has 2 atom stereocenters. The Balaban J connectivity index is 1.72. The van der Waals surface area contributed by atoms with Crippen molar-refractivity contribution in [3.8, 4) is 0 Å². The maximum absolute atomic E-state index is 10.5. The number of aliphatic carboxylic acids is 1. The molecule has 0 aromatic carbocycles. The number of nitrogens with one attached hydrogen (secondary N) is 1. The Morgan fingerprint density at radius 3 is 2.37 bits per heavy atom. The normalized spacial score (nSPS) is 48.0. The summed E-state index contributed by atoms with van der Waals surface area (Å²) in [5, 5.41) is 12.3. The molecule has 4 bridgehead atoms. The van der Waals surface area contributed by atoms with E-state index in [1.54, 1.807) is 6.08 Å². The molecule has 4 rings (SSSR count). The minimum absolute atomic E-state index is 0.270. The molecule has 3 heteroatoms. The molecule has 0 aromatic heterocycles. The second-order valence-corrected chi connectivity index (χ2v) is 8.03. The van der Waals surface area contributed by atoms with Crippen molar-refractivity contribution in [2.24, 2.45) is 16.7 Å². The summed E-state index contributed by atoms with van der Waals surface area (Å²) in [5.74, 6) is 0.0217. The monoisotopic (exact) mass is 263 g/mol. The van der Waals surface area contributed by atoms with Crippen molar-refractivity contribution in [2.45, 2.75) is 57.9 Å². The lowest BCUT2D eigenvalue weighted by Gasteiger charge is -2.65. The summed E-state index contributed by atoms with van der Waals surface area (Å²) in [6, 6.07) is 0. The van der Waals surface area contributed by atoms with Gasteiger partial charge in [-0.3, -0.25) is 0 Å². The minimum Gasteiger partial charge on any atom is -0.478 e. The molecule has 0 radical (unpaired) electrons. The number of hydrogen-bond donors (Lipinski definition) is 2. The van der Waals surface area contributed by atoms with E-state index in [1.165, 1.54) is 44.6 Å². The molecule has 4 fully saturated rings. The van der Waals surface area contributed by atoms with E-state index in [2.05, 4.69) is 19.2 Å². The molecule has 2 N–H and O–H groups in total. The summed E-state index contributed by atoms with van der Waals surface area (Å²) in [5.41, 5.74) is 1.29. The SMILES string of the molecule is CC12CC3CC(C)(C1)CC(NC/C=C/C(=O)O)(C3)C2. The van der Waals surface area contributed by atoms with Gasteiger partial charge in [-0.05, 0) is 55.3 Å². The summed E-state index contributed by atoms with van der Waals surface area (Å²) in [4.78, 5) is 10.5. The lowest BCUT2D eigenvalue weighted by Crippen LogP contribution is -2.64. The summed E-state index contributed by atoms with van der Waals surface area (Å²) >= 11 is 0. The first-order valence-electron chi connectivity index (χ1n) is 7.47. The molecule has 106 valence electrons. The Morgan fingerprint density at radius 1 is 1.21 bits per heavy atom. The predicted molar refractivity (Wildman–Crippen MR) is 74.9 cm³/mol. The number of hydrogen-bond acceptors (Lipinski definition) is 2. The van der Waals surface area contributed by atoms with Crippen LogP contribution in [0, 0.1) is 16.7 Å². The van der Waals surface area contributed by atoms with E-state index in [1.807, 2.05) is 0 Å². The van der Waals surface area contributed by atoms with Gasteiger partial charge >= 0.3 is 5.97 Å². The van der Waals surface area contributed by atoms with Gasteiger partial charge in [0, 0.05) is 18.2 Å². The van der Waals surface area contributed by atoms with Crippen molar-refractivity contribution in [2.75, 3.05) is 6.54 Å². The number of carboxylic acid groups (broad SMARTS) is 1. The van der Waals surface area contributed by atoms with Gasteiger partial charge in [-0.1, -0.05) is 19.9 Å². The van der Waals surface area contributed by atoms with Crippen LogP contribution in [0.25, 0.3) is 0 Å². The molecule has 0 heterocycles. The Bertz CT molecular complexity index is 410. The maximum atomic E-state index is 10.5. The molecule has 0 spiro atoms. The van der Waals surface area contributed by atoms with Crippen LogP contribution >= 0.6 is 0 Å². The van der Waals surface area contributed by atoms with Gasteiger partial charge in [0.15, 0.2) is 0 Å². The Hall–Kier alpha value is -0.830. The fourth-order valence-electron chi connectivity index (χ4n) is 6.08. The minimum atomic E-state index is -0.855. The van der Waals surface area contributed by atoms with Gasteiger partial charge in [0.05, 0.1) is 0 Å². The molecule has 3 nitrogen and oxygen atoms in total. The van der Waals surface area contributed by atoms with E-state index in [0.717, 1.165) is 5.92 Å². The van der Waals surface area contributed by atoms with Crippen LogP contribution in [0.2, 0.25) is 0 Å². The maximum Gasteiger partial charge on any atom is 0.328 e. The Morgan fingerprint density at radius 2 is 1.84 bits per heavy atom. The topological polar surface area (TPSA) is 49.3 Å². The van der Waals surface area contributed by atoms with Gasteiger partial charge < -0.3 is 10.4 Å². The number of carbonyl (C=O) groups is 1. The van der Waals surface area contributed by atoms with Crippen LogP contribution in [0.1, 0.15) is 52.4 Å². The van der Waals surface area contributed by atoms with Crippen LogP contribution < -0.4 is 5.32 Å². The van der Waals surface area contributed by atoms with E-state index >= 15 is 0 Å². The van der Waals surface area contributed by atoms with E-state index in [-0.39, 0.29) is 5.54 Å². The van der Waals surface area contributed by atoms with Gasteiger partial charge in [0.2, 0.25) is 0 Å². The number of carboxylic acids is 1. The average Bonchev–Trinajstić information content (AvgIpc) is 2.18. The van der Waals surface area contributed by atoms with Crippen molar-refractivity contribution < 1.29 is 9.90 Å². The van der Waals surface area contributed by atoms with Crippen LogP contribution in [-0.4, -0.2) is 23.2 Å². The molecule has 4 aliphatic carbocycles. The van der Waals surface area contributed by atoms with E-state index in [0.29, 0.717) is 17.4 Å². The zero-order valence-corrected chi connectivity index (χ0v) is 12.0. The smallest absolute Gasteiger partial charge is 0.328 e. The fourth-order valence-corrected chi connectivity index (χ4v) is 6.08. The first-order chi connectivity index (χ1) is 8.82. The fraction of sp³-hybridized carbons (Fsp3) is 0.812. The molecule has 0 aromatic rings. The van der Waals surface area contributed by atoms with Crippen molar-refractivity contribution in [1.29, 1.82) is 0 Å². The van der Waals surface area contributed by atoms with Gasteiger partial charge in [-0.2, -0.15) is 0 Å². The van der Waals surface area contributed by atoms with Crippen molar-refractivity contribution in [3.05, 3.63) is 12.2 Å². The standard InChI is InChI=1S/C16H25NO2/c1-14-6-12-7-15(2,9-14)11-16(8-12,10-14)17-5-3-4-13(18)19/h3-4,12,17H,5-11H2,1-2H3,(H,18,19)/b4-3+. The van der Waals surface area contributed by atoms with Crippen LogP contribution in [-0.2, 0) is 4.79 Å². The van der Waals surface area contributed by atoms with E-state index in [4.69, 9.17) is 5.11 Å². The summed E-state index contributed by atoms with van der Waals surface area (Å²) in [6.45, 7) is 5.60. The third-order valence-corrected chi connectivity index (χ3v) is 5.48. The first-order valence-corrected chi connectivity index (χ1v) is 7.47. The summed E-state index contributed by atoms with van der Waals surface area (Å²) in [7, 11) is 0. The molecule has 2 unspecified atom stereocenters. The number of rotatable bonds is 4. The van der Waals surface area contributed by atoms with Crippen LogP contribution in [0.3, 0.4) is 0 Å². The second-order valence-electron chi connectivity index (χ2n) is 8.03. The molecule has 0 aliphatic heterocycles. The Labute approximate surface area is 115 Å². The Kier molecular flexibility index (Phi) is 2.83. The third-order valence-electron chi connectivity index (χ3n) is 5.48. The summed E-state index contributed by atoms with van der Waals surface area (Å²) < 4.78 is 0. The molecule has 0 amide bonds. The quantitative estimate of drug-likeness (QED) is 0.767. The van der Waals surface area contributed by atoms with Crippen molar-refractivity contribution in [3.63, 3.8) is 0 Å². The van der Waals surface area contributed by atoms with E-state index < -0.39 is 5.97 Å². The highest BCUT2D eigenvalue weighted by molar-refractivity contribution is 5.79. The van der Waals surface area contributed by atoms with Gasteiger partial charge in [-0.15, -0.1) is 0 Å². The average molecular weight is 263 g/mol. The van der Waals surface area contributed by atoms with E-state index in [9.17, 15) is 4.79 Å². The second kappa shape index (κ2) is 4.08. The van der Waals surface area contributed by atoms with Crippen LogP contribution in [0.4, 0.5) is 0 Å². The highest BCUT2D eigenvalue weighted by atomic mass is 16.4. The molecule has 19 heavy (non-hydrogen) atoms. The van der Waals surface area contributed by atoms with Crippen LogP contribution in [0.15, 0.2) is 12.2 Å². The molecular weight excluding hydrogens is 238 g/mol. The molecule has 0 saturated heterocycles. The van der Waals surface area contributed by atoms with Gasteiger partial charge in [-0.25, -0.2) is 4.79 Å².